The molecular formula is C21H22N2O2S. The van der Waals surface area contributed by atoms with Crippen LogP contribution in [0.4, 0.5) is 5.69 Å². The van der Waals surface area contributed by atoms with Crippen molar-refractivity contribution in [3.8, 4) is 0 Å². The number of para-hydroxylation sites is 1. The van der Waals surface area contributed by atoms with Crippen molar-refractivity contribution >= 4 is 26.5 Å². The van der Waals surface area contributed by atoms with Gasteiger partial charge in [0.25, 0.3) is 0 Å². The van der Waals surface area contributed by atoms with Crippen molar-refractivity contribution in [3.63, 3.8) is 0 Å². The molecule has 1 saturated heterocycles. The number of benzene rings is 3. The molecule has 0 spiro atoms. The summed E-state index contributed by atoms with van der Waals surface area (Å²) in [6, 6.07) is 21.6. The van der Waals surface area contributed by atoms with Crippen molar-refractivity contribution in [1.29, 1.82) is 0 Å². The highest BCUT2D eigenvalue weighted by Gasteiger charge is 2.28. The summed E-state index contributed by atoms with van der Waals surface area (Å²) in [5.74, 6) is 0. The average Bonchev–Trinajstić information content (AvgIpc) is 2.68. The molecule has 0 atom stereocenters. The molecule has 4 rings (SSSR count). The molecule has 0 bridgehead atoms. The first kappa shape index (κ1) is 17.1. The number of hydrogen-bond donors (Lipinski definition) is 0. The zero-order chi connectivity index (χ0) is 18.1. The van der Waals surface area contributed by atoms with Crippen molar-refractivity contribution < 1.29 is 8.42 Å². The van der Waals surface area contributed by atoms with Gasteiger partial charge in [0.2, 0.25) is 10.0 Å². The minimum absolute atomic E-state index is 0.378. The fourth-order valence-corrected chi connectivity index (χ4v) is 4.94. The van der Waals surface area contributed by atoms with Gasteiger partial charge in [-0.15, -0.1) is 0 Å². The van der Waals surface area contributed by atoms with Crippen LogP contribution in [-0.4, -0.2) is 38.9 Å². The van der Waals surface area contributed by atoms with Crippen LogP contribution >= 0.6 is 0 Å². The third kappa shape index (κ3) is 3.20. The summed E-state index contributed by atoms with van der Waals surface area (Å²) in [5, 5.41) is 2.03. The Morgan fingerprint density at radius 3 is 2.19 bits per heavy atom. The van der Waals surface area contributed by atoms with Gasteiger partial charge in [0.05, 0.1) is 4.90 Å². The van der Waals surface area contributed by atoms with E-state index in [1.807, 2.05) is 49.4 Å². The predicted molar refractivity (Wildman–Crippen MR) is 106 cm³/mol. The molecule has 4 nitrogen and oxygen atoms in total. The van der Waals surface area contributed by atoms with Crippen LogP contribution in [0.5, 0.6) is 0 Å². The smallest absolute Gasteiger partial charge is 0.243 e. The molecule has 3 aromatic carbocycles. The van der Waals surface area contributed by atoms with Crippen LogP contribution in [0.15, 0.2) is 71.6 Å². The fourth-order valence-electron chi connectivity index (χ4n) is 3.48. The molecule has 26 heavy (non-hydrogen) atoms. The van der Waals surface area contributed by atoms with Gasteiger partial charge in [0.15, 0.2) is 0 Å². The van der Waals surface area contributed by atoms with E-state index in [9.17, 15) is 8.42 Å². The van der Waals surface area contributed by atoms with Gasteiger partial charge in [-0.2, -0.15) is 4.31 Å². The summed E-state index contributed by atoms with van der Waals surface area (Å²) in [7, 11) is -3.47. The largest absolute Gasteiger partial charge is 0.369 e. The van der Waals surface area contributed by atoms with Crippen LogP contribution in [0.3, 0.4) is 0 Å². The molecule has 0 unspecified atom stereocenters. The van der Waals surface area contributed by atoms with Crippen molar-refractivity contribution in [2.24, 2.45) is 0 Å². The lowest BCUT2D eigenvalue weighted by molar-refractivity contribution is 0.385. The topological polar surface area (TPSA) is 40.6 Å². The molecule has 0 aromatic heterocycles. The highest BCUT2D eigenvalue weighted by Crippen LogP contribution is 2.24. The van der Waals surface area contributed by atoms with E-state index in [1.54, 1.807) is 16.4 Å². The van der Waals surface area contributed by atoms with Crippen LogP contribution in [-0.2, 0) is 10.0 Å². The zero-order valence-corrected chi connectivity index (χ0v) is 15.6. The van der Waals surface area contributed by atoms with Crippen LogP contribution in [0.1, 0.15) is 5.56 Å². The summed E-state index contributed by atoms with van der Waals surface area (Å²) in [5.41, 5.74) is 2.27. The van der Waals surface area contributed by atoms with Gasteiger partial charge in [-0.05, 0) is 42.0 Å². The van der Waals surface area contributed by atoms with Gasteiger partial charge in [-0.25, -0.2) is 8.42 Å². The first-order valence-corrected chi connectivity index (χ1v) is 10.3. The van der Waals surface area contributed by atoms with Crippen LogP contribution < -0.4 is 4.90 Å². The SMILES string of the molecule is Cc1ccc2ccc(S(=O)(=O)N3CCN(c4ccccc4)CC3)cc2c1. The van der Waals surface area contributed by atoms with Gasteiger partial charge in [-0.3, -0.25) is 0 Å². The van der Waals surface area contributed by atoms with Crippen LogP contribution in [0, 0.1) is 6.92 Å². The normalized spacial score (nSPS) is 16.1. The summed E-state index contributed by atoms with van der Waals surface area (Å²) in [4.78, 5) is 2.61. The number of sulfonamides is 1. The van der Waals surface area contributed by atoms with E-state index in [0.717, 1.165) is 22.0 Å². The van der Waals surface area contributed by atoms with Gasteiger partial charge >= 0.3 is 0 Å². The van der Waals surface area contributed by atoms with E-state index < -0.39 is 10.0 Å². The summed E-state index contributed by atoms with van der Waals surface area (Å²) < 4.78 is 27.7. The summed E-state index contributed by atoms with van der Waals surface area (Å²) >= 11 is 0. The number of anilines is 1. The lowest BCUT2D eigenvalue weighted by atomic mass is 10.1. The molecule has 1 aliphatic heterocycles. The molecule has 0 aliphatic carbocycles. The molecule has 134 valence electrons. The van der Waals surface area contributed by atoms with Crippen LogP contribution in [0.25, 0.3) is 10.8 Å². The second kappa shape index (κ2) is 6.74. The molecule has 1 heterocycles. The highest BCUT2D eigenvalue weighted by atomic mass is 32.2. The number of hydrogen-bond acceptors (Lipinski definition) is 3. The van der Waals surface area contributed by atoms with E-state index >= 15 is 0 Å². The highest BCUT2D eigenvalue weighted by molar-refractivity contribution is 7.89. The van der Waals surface area contributed by atoms with Crippen LogP contribution in [0.2, 0.25) is 0 Å². The van der Waals surface area contributed by atoms with Gasteiger partial charge < -0.3 is 4.90 Å². The number of nitrogens with zero attached hydrogens (tertiary/aromatic N) is 2. The number of rotatable bonds is 3. The Bertz CT molecular complexity index is 1020. The van der Waals surface area contributed by atoms with Gasteiger partial charge in [-0.1, -0.05) is 48.0 Å². The lowest BCUT2D eigenvalue weighted by Crippen LogP contribution is -2.48. The number of aryl methyl sites for hydroxylation is 1. The maximum atomic E-state index is 13.1. The maximum Gasteiger partial charge on any atom is 0.243 e. The Labute approximate surface area is 154 Å². The monoisotopic (exact) mass is 366 g/mol. The third-order valence-electron chi connectivity index (χ3n) is 4.96. The van der Waals surface area contributed by atoms with Gasteiger partial charge in [0, 0.05) is 31.9 Å². The Morgan fingerprint density at radius 1 is 0.769 bits per heavy atom. The first-order chi connectivity index (χ1) is 12.5. The Balaban J connectivity index is 1.56. The third-order valence-corrected chi connectivity index (χ3v) is 6.86. The number of fused-ring (bicyclic) bond motifs is 1. The second-order valence-corrected chi connectivity index (χ2v) is 8.68. The molecule has 5 heteroatoms. The second-order valence-electron chi connectivity index (χ2n) is 6.74. The van der Waals surface area contributed by atoms with E-state index in [-0.39, 0.29) is 0 Å². The molecular weight excluding hydrogens is 344 g/mol. The minimum atomic E-state index is -3.47. The molecule has 3 aromatic rings. The molecule has 0 N–H and O–H groups in total. The standard InChI is InChI=1S/C21H22N2O2S/c1-17-7-8-18-9-10-21(16-19(18)15-17)26(24,25)23-13-11-22(12-14-23)20-5-3-2-4-6-20/h2-10,15-16H,11-14H2,1H3. The van der Waals surface area contributed by atoms with Crippen molar-refractivity contribution in [2.75, 3.05) is 31.1 Å². The molecule has 0 radical (unpaired) electrons. The van der Waals surface area contributed by atoms with E-state index in [2.05, 4.69) is 17.0 Å². The first-order valence-electron chi connectivity index (χ1n) is 8.85. The number of piperazine rings is 1. The van der Waals surface area contributed by atoms with E-state index in [0.29, 0.717) is 31.1 Å². The molecule has 1 fully saturated rings. The zero-order valence-electron chi connectivity index (χ0n) is 14.8. The Hall–Kier alpha value is -2.37. The minimum Gasteiger partial charge on any atom is -0.369 e. The van der Waals surface area contributed by atoms with Crippen molar-refractivity contribution in [1.82, 2.24) is 4.31 Å². The summed E-state index contributed by atoms with van der Waals surface area (Å²) in [6.45, 7) is 4.43. The van der Waals surface area contributed by atoms with Gasteiger partial charge in [0.1, 0.15) is 0 Å². The Kier molecular flexibility index (Phi) is 4.42. The van der Waals surface area contributed by atoms with E-state index in [1.165, 1.54) is 0 Å². The quantitative estimate of drug-likeness (QED) is 0.710. The lowest BCUT2D eigenvalue weighted by Gasteiger charge is -2.35. The summed E-state index contributed by atoms with van der Waals surface area (Å²) in [6.07, 6.45) is 0. The predicted octanol–water partition coefficient (Wildman–Crippen LogP) is 3.66. The average molecular weight is 366 g/mol. The van der Waals surface area contributed by atoms with Crippen molar-refractivity contribution in [2.45, 2.75) is 11.8 Å². The Morgan fingerprint density at radius 2 is 1.46 bits per heavy atom. The molecule has 1 aliphatic rings. The van der Waals surface area contributed by atoms with E-state index in [4.69, 9.17) is 0 Å². The molecule has 0 amide bonds. The maximum absolute atomic E-state index is 13.1. The fraction of sp³-hybridized carbons (Fsp3) is 0.238. The molecule has 0 saturated carbocycles. The van der Waals surface area contributed by atoms with Crippen molar-refractivity contribution in [3.05, 3.63) is 72.3 Å².